The van der Waals surface area contributed by atoms with Gasteiger partial charge in [0.2, 0.25) is 5.58 Å². The van der Waals surface area contributed by atoms with Crippen molar-refractivity contribution in [2.75, 3.05) is 30.1 Å². The number of allylic oxidation sites excluding steroid dienone is 3. The molecule has 2 unspecified atom stereocenters. The van der Waals surface area contributed by atoms with Crippen LogP contribution in [0.3, 0.4) is 0 Å². The highest BCUT2D eigenvalue weighted by atomic mass is 32.2. The van der Waals surface area contributed by atoms with E-state index in [0.29, 0.717) is 41.8 Å². The van der Waals surface area contributed by atoms with Gasteiger partial charge in [-0.15, -0.1) is 0 Å². The number of aryl methyl sites for hydroxylation is 1. The van der Waals surface area contributed by atoms with Gasteiger partial charge in [-0.1, -0.05) is 12.5 Å². The molecule has 4 rings (SSSR count). The third-order valence-corrected chi connectivity index (χ3v) is 11.6. The molecule has 3 aromatic rings. The normalized spacial score (nSPS) is 17.6. The number of aliphatic carboxylic acids is 1. The lowest BCUT2D eigenvalue weighted by Crippen LogP contribution is -2.35. The molecule has 0 aliphatic carbocycles. The Morgan fingerprint density at radius 3 is 2.22 bits per heavy atom. The van der Waals surface area contributed by atoms with Gasteiger partial charge in [0.25, 0.3) is 25.8 Å². The molecule has 298 valence electrons. The molecule has 0 amide bonds. The van der Waals surface area contributed by atoms with Crippen LogP contribution in [0.25, 0.3) is 17.2 Å². The number of halogens is 4. The number of unbranched alkanes of at least 4 members (excludes halogenated alkanes) is 4. The second-order valence-corrected chi connectivity index (χ2v) is 17.4. The van der Waals surface area contributed by atoms with Gasteiger partial charge >= 0.3 is 11.9 Å². The van der Waals surface area contributed by atoms with Gasteiger partial charge in [0, 0.05) is 48.2 Å². The molecule has 2 atom stereocenters. The van der Waals surface area contributed by atoms with Crippen LogP contribution in [0.4, 0.5) is 23.2 Å². The summed E-state index contributed by atoms with van der Waals surface area (Å²) >= 11 is -1.79. The van der Waals surface area contributed by atoms with Crippen LogP contribution in [-0.4, -0.2) is 66.4 Å². The van der Waals surface area contributed by atoms with Gasteiger partial charge in [0.1, 0.15) is 0 Å². The molecule has 0 bridgehead atoms. The standard InChI is InChI=1S/C34H40F4N2O11S3/c1-34(16-5-8-19-53(44,45)46)25(40(18-7-9-20-54(47,48)49)33-28(34)29(35)30(36)31(37)32(33)38)11-10-12-26-39(17-6-3-4-13-27(41)42)23-15-14-22(52(43)50-2)21-24(23)51-26/h10-12,14-15,21H,3-9,13,16-20H2,1-2H3,(H2-,41,42,44,45,46,47,48,49)/p+1. The van der Waals surface area contributed by atoms with Crippen molar-refractivity contribution in [1.82, 2.24) is 0 Å². The Hall–Kier alpha value is -3.69. The third-order valence-electron chi connectivity index (χ3n) is 9.09. The molecular formula is C34H41F4N2O11S3+. The summed E-state index contributed by atoms with van der Waals surface area (Å²) in [5, 5.41) is 9.00. The van der Waals surface area contributed by atoms with Crippen molar-refractivity contribution in [3.8, 4) is 0 Å². The second kappa shape index (κ2) is 17.8. The van der Waals surface area contributed by atoms with E-state index in [0.717, 1.165) is 0 Å². The van der Waals surface area contributed by atoms with Gasteiger partial charge < -0.3 is 14.4 Å². The number of carboxylic acid groups (broad SMARTS) is 1. The molecule has 1 aliphatic heterocycles. The highest BCUT2D eigenvalue weighted by Crippen LogP contribution is 2.54. The average Bonchev–Trinajstić information content (AvgIpc) is 3.56. The quantitative estimate of drug-likeness (QED) is 0.0302. The Morgan fingerprint density at radius 1 is 0.944 bits per heavy atom. The van der Waals surface area contributed by atoms with Gasteiger partial charge in [-0.05, 0) is 57.6 Å². The van der Waals surface area contributed by atoms with Crippen molar-refractivity contribution in [3.05, 3.63) is 70.8 Å². The second-order valence-electron chi connectivity index (χ2n) is 12.9. The molecule has 13 nitrogen and oxygen atoms in total. The molecule has 0 saturated carbocycles. The number of anilines is 1. The minimum Gasteiger partial charge on any atom is -0.481 e. The van der Waals surface area contributed by atoms with E-state index in [9.17, 15) is 43.7 Å². The van der Waals surface area contributed by atoms with Crippen molar-refractivity contribution < 1.29 is 70.8 Å². The smallest absolute Gasteiger partial charge is 0.374 e. The number of nitrogens with zero attached hydrogens (tertiary/aromatic N) is 2. The minimum atomic E-state index is -4.37. The van der Waals surface area contributed by atoms with Gasteiger partial charge in [-0.3, -0.25) is 18.1 Å². The van der Waals surface area contributed by atoms with E-state index in [2.05, 4.69) is 0 Å². The van der Waals surface area contributed by atoms with Crippen LogP contribution in [0.15, 0.2) is 45.4 Å². The van der Waals surface area contributed by atoms with Crippen LogP contribution < -0.4 is 9.47 Å². The number of aromatic nitrogens is 1. The van der Waals surface area contributed by atoms with Gasteiger partial charge in [0.15, 0.2) is 40.9 Å². The first-order chi connectivity index (χ1) is 25.3. The summed E-state index contributed by atoms with van der Waals surface area (Å²) in [6.07, 6.45) is 5.51. The molecule has 0 saturated heterocycles. The molecule has 1 aliphatic rings. The first-order valence-corrected chi connectivity index (χ1v) is 21.2. The average molecular weight is 826 g/mol. The van der Waals surface area contributed by atoms with E-state index in [4.69, 9.17) is 13.7 Å². The lowest BCUT2D eigenvalue weighted by Gasteiger charge is -2.30. The number of carbonyl (C=O) groups is 1. The molecule has 0 radical (unpaired) electrons. The molecule has 3 N–H and O–H groups in total. The van der Waals surface area contributed by atoms with Crippen molar-refractivity contribution >= 4 is 60.1 Å². The van der Waals surface area contributed by atoms with Crippen LogP contribution in [0.5, 0.6) is 0 Å². The number of fused-ring (bicyclic) bond motifs is 2. The summed E-state index contributed by atoms with van der Waals surface area (Å²) < 4.78 is 150. The predicted molar refractivity (Wildman–Crippen MR) is 190 cm³/mol. The molecule has 54 heavy (non-hydrogen) atoms. The summed E-state index contributed by atoms with van der Waals surface area (Å²) in [5.74, 6) is -9.47. The molecule has 2 aromatic carbocycles. The maximum absolute atomic E-state index is 15.7. The molecule has 0 spiro atoms. The number of benzene rings is 2. The fourth-order valence-electron chi connectivity index (χ4n) is 6.58. The van der Waals surface area contributed by atoms with Crippen molar-refractivity contribution in [2.45, 2.75) is 81.6 Å². The largest absolute Gasteiger partial charge is 0.481 e. The fourth-order valence-corrected chi connectivity index (χ4v) is 8.30. The van der Waals surface area contributed by atoms with E-state index < -0.39 is 88.7 Å². The summed E-state index contributed by atoms with van der Waals surface area (Å²) in [4.78, 5) is 12.5. The highest BCUT2D eigenvalue weighted by Gasteiger charge is 2.49. The van der Waals surface area contributed by atoms with Crippen LogP contribution >= 0.6 is 0 Å². The monoisotopic (exact) mass is 825 g/mol. The van der Waals surface area contributed by atoms with Crippen molar-refractivity contribution in [3.63, 3.8) is 0 Å². The third kappa shape index (κ3) is 10.3. The SMILES string of the molecule is COS(=O)c1ccc2c(c1)oc(/C=C/C=C1/N(CCCCS(=O)(=O)O)c3c(F)c(F)c(F)c(F)c3C1(C)CCCCS(=O)(=O)O)[n+]2CCCCCC(=O)O. The van der Waals surface area contributed by atoms with E-state index in [1.807, 2.05) is 0 Å². The van der Waals surface area contributed by atoms with Gasteiger partial charge in [0.05, 0.1) is 35.3 Å². The summed E-state index contributed by atoms with van der Waals surface area (Å²) in [5.41, 5.74) is -1.76. The van der Waals surface area contributed by atoms with Gasteiger partial charge in [-0.25, -0.2) is 21.8 Å². The van der Waals surface area contributed by atoms with Crippen LogP contribution in [0.2, 0.25) is 0 Å². The summed E-state index contributed by atoms with van der Waals surface area (Å²) in [6.45, 7) is 1.57. The van der Waals surface area contributed by atoms with Crippen LogP contribution in [0, 0.1) is 23.3 Å². The lowest BCUT2D eigenvalue weighted by atomic mass is 9.76. The van der Waals surface area contributed by atoms with Crippen LogP contribution in [0.1, 0.15) is 76.2 Å². The minimum absolute atomic E-state index is 0.00403. The molecule has 20 heteroatoms. The summed E-state index contributed by atoms with van der Waals surface area (Å²) in [7, 11) is -7.48. The zero-order valence-corrected chi connectivity index (χ0v) is 31.8. The number of hydrogen-bond acceptors (Lipinski definition) is 9. The Balaban J connectivity index is 1.83. The Bertz CT molecular complexity index is 2190. The van der Waals surface area contributed by atoms with Crippen molar-refractivity contribution in [1.29, 1.82) is 0 Å². The Kier molecular flexibility index (Phi) is 14.2. The van der Waals surface area contributed by atoms with Gasteiger partial charge in [-0.2, -0.15) is 21.4 Å². The van der Waals surface area contributed by atoms with E-state index in [1.54, 1.807) is 16.7 Å². The fraction of sp³-hybridized carbons (Fsp3) is 0.471. The highest BCUT2D eigenvalue weighted by molar-refractivity contribution is 7.86. The zero-order chi connectivity index (χ0) is 40.0. The topological polar surface area (TPSA) is 193 Å². The predicted octanol–water partition coefficient (Wildman–Crippen LogP) is 5.99. The maximum atomic E-state index is 15.7. The number of carboxylic acids is 1. The van der Waals surface area contributed by atoms with Crippen LogP contribution in [-0.2, 0) is 52.3 Å². The zero-order valence-electron chi connectivity index (χ0n) is 29.4. The van der Waals surface area contributed by atoms with Crippen molar-refractivity contribution in [2.24, 2.45) is 0 Å². The number of rotatable bonds is 20. The molecule has 2 heterocycles. The maximum Gasteiger partial charge on any atom is 0.374 e. The van der Waals surface area contributed by atoms with E-state index >= 15 is 8.78 Å². The first kappa shape index (κ1) is 43.0. The molecule has 1 aromatic heterocycles. The lowest BCUT2D eigenvalue weighted by molar-refractivity contribution is -0.678. The molecular weight excluding hydrogens is 785 g/mol. The number of hydrogen-bond donors (Lipinski definition) is 3. The van der Waals surface area contributed by atoms with E-state index in [-0.39, 0.29) is 56.7 Å². The molecule has 0 fully saturated rings. The Labute approximate surface area is 312 Å². The Morgan fingerprint density at radius 2 is 1.59 bits per heavy atom. The first-order valence-electron chi connectivity index (χ1n) is 16.9. The summed E-state index contributed by atoms with van der Waals surface area (Å²) in [6, 6.07) is 4.77. The number of oxazole rings is 1. The van der Waals surface area contributed by atoms with E-state index in [1.165, 1.54) is 43.2 Å².